The lowest BCUT2D eigenvalue weighted by molar-refractivity contribution is 0.0788. The molecule has 0 aromatic rings. The molecule has 2 heterocycles. The average Bonchev–Trinajstić information content (AvgIpc) is 2.40. The second kappa shape index (κ2) is 6.47. The van der Waals surface area contributed by atoms with Crippen molar-refractivity contribution in [3.63, 3.8) is 0 Å². The van der Waals surface area contributed by atoms with Crippen LogP contribution in [0.15, 0.2) is 0 Å². The highest BCUT2D eigenvalue weighted by atomic mass is 16.1. The van der Waals surface area contributed by atoms with Crippen LogP contribution in [0.5, 0.6) is 0 Å². The van der Waals surface area contributed by atoms with Gasteiger partial charge < -0.3 is 10.2 Å². The zero-order valence-electron chi connectivity index (χ0n) is 10.8. The van der Waals surface area contributed by atoms with Crippen LogP contribution >= 0.6 is 0 Å². The van der Waals surface area contributed by atoms with E-state index in [9.17, 15) is 4.79 Å². The van der Waals surface area contributed by atoms with Gasteiger partial charge in [-0.05, 0) is 25.9 Å². The molecule has 4 heteroatoms. The number of piperazine rings is 1. The molecule has 0 bridgehead atoms. The van der Waals surface area contributed by atoms with Crippen molar-refractivity contribution in [2.45, 2.75) is 25.8 Å². The van der Waals surface area contributed by atoms with E-state index >= 15 is 0 Å². The second-order valence-corrected chi connectivity index (χ2v) is 5.34. The Morgan fingerprint density at radius 1 is 1.24 bits per heavy atom. The van der Waals surface area contributed by atoms with Crippen molar-refractivity contribution in [2.24, 2.45) is 5.92 Å². The third-order valence-corrected chi connectivity index (χ3v) is 3.97. The lowest BCUT2D eigenvalue weighted by Gasteiger charge is -2.41. The predicted octanol–water partition coefficient (Wildman–Crippen LogP) is 0.102. The molecule has 1 N–H and O–H groups in total. The van der Waals surface area contributed by atoms with Gasteiger partial charge in [0.25, 0.3) is 0 Å². The van der Waals surface area contributed by atoms with Crippen LogP contribution in [-0.4, -0.2) is 67.9 Å². The fraction of sp³-hybridized carbons (Fsp3) is 0.923. The Morgan fingerprint density at radius 2 is 1.88 bits per heavy atom. The van der Waals surface area contributed by atoms with E-state index < -0.39 is 0 Å². The number of hydrogen-bond acceptors (Lipinski definition) is 4. The molecule has 2 aliphatic rings. The molecule has 2 fully saturated rings. The van der Waals surface area contributed by atoms with Crippen LogP contribution in [0.2, 0.25) is 0 Å². The van der Waals surface area contributed by atoms with Gasteiger partial charge in [0.05, 0.1) is 0 Å². The molecule has 97 valence electrons. The predicted molar refractivity (Wildman–Crippen MR) is 68.8 cm³/mol. The summed E-state index contributed by atoms with van der Waals surface area (Å²) < 4.78 is 0. The summed E-state index contributed by atoms with van der Waals surface area (Å²) in [6.45, 7) is 9.71. The molecule has 2 saturated heterocycles. The first-order valence-electron chi connectivity index (χ1n) is 6.84. The van der Waals surface area contributed by atoms with Gasteiger partial charge in [-0.1, -0.05) is 6.92 Å². The highest BCUT2D eigenvalue weighted by molar-refractivity contribution is 5.54. The first-order valence-corrected chi connectivity index (χ1v) is 6.84. The molecule has 0 aromatic carbocycles. The molecule has 1 radical (unpaired) electrons. The number of rotatable bonds is 4. The van der Waals surface area contributed by atoms with Crippen LogP contribution in [-0.2, 0) is 4.79 Å². The van der Waals surface area contributed by atoms with Crippen LogP contribution < -0.4 is 5.32 Å². The van der Waals surface area contributed by atoms with E-state index in [0.717, 1.165) is 38.8 Å². The van der Waals surface area contributed by atoms with Gasteiger partial charge in [-0.25, -0.2) is 0 Å². The lowest BCUT2D eigenvalue weighted by atomic mass is 10.0. The first-order chi connectivity index (χ1) is 8.29. The molecule has 0 aromatic heterocycles. The normalized spacial score (nSPS) is 26.9. The number of hydrogen-bond donors (Lipinski definition) is 1. The van der Waals surface area contributed by atoms with Gasteiger partial charge in [0.15, 0.2) is 0 Å². The number of piperidine rings is 1. The summed E-state index contributed by atoms with van der Waals surface area (Å²) in [6.07, 6.45) is 4.65. The maximum absolute atomic E-state index is 10.5. The third-order valence-electron chi connectivity index (χ3n) is 3.97. The SMILES string of the molecule is CC([C]=O)CN1CCN(C2CCNCC2)CC1. The average molecular weight is 238 g/mol. The van der Waals surface area contributed by atoms with E-state index in [4.69, 9.17) is 0 Å². The summed E-state index contributed by atoms with van der Waals surface area (Å²) in [5.74, 6) is 0.0560. The van der Waals surface area contributed by atoms with Crippen molar-refractivity contribution in [3.05, 3.63) is 0 Å². The zero-order chi connectivity index (χ0) is 12.1. The highest BCUT2D eigenvalue weighted by Crippen LogP contribution is 2.14. The van der Waals surface area contributed by atoms with Gasteiger partial charge >= 0.3 is 0 Å². The fourth-order valence-corrected chi connectivity index (χ4v) is 2.91. The summed E-state index contributed by atoms with van der Waals surface area (Å²) in [5, 5.41) is 3.42. The fourth-order valence-electron chi connectivity index (χ4n) is 2.91. The molecular weight excluding hydrogens is 214 g/mol. The molecule has 0 amide bonds. The molecule has 17 heavy (non-hydrogen) atoms. The Bertz CT molecular complexity index is 233. The molecule has 0 saturated carbocycles. The van der Waals surface area contributed by atoms with Crippen LogP contribution in [0, 0.1) is 5.92 Å². The van der Waals surface area contributed by atoms with Gasteiger partial charge in [-0.15, -0.1) is 0 Å². The second-order valence-electron chi connectivity index (χ2n) is 5.34. The maximum atomic E-state index is 10.5. The van der Waals surface area contributed by atoms with Crippen LogP contribution in [0.3, 0.4) is 0 Å². The van der Waals surface area contributed by atoms with Crippen molar-refractivity contribution in [1.29, 1.82) is 0 Å². The van der Waals surface area contributed by atoms with Gasteiger partial charge in [0.1, 0.15) is 0 Å². The Balaban J connectivity index is 1.71. The third kappa shape index (κ3) is 3.76. The van der Waals surface area contributed by atoms with E-state index in [-0.39, 0.29) is 5.92 Å². The number of nitrogens with one attached hydrogen (secondary N) is 1. The standard InChI is InChI=1S/C13H24N3O/c1-12(11-17)10-15-6-8-16(9-7-15)13-2-4-14-5-3-13/h12-14H,2-10H2,1H3. The van der Waals surface area contributed by atoms with Crippen molar-refractivity contribution < 1.29 is 4.79 Å². The van der Waals surface area contributed by atoms with E-state index in [1.54, 1.807) is 0 Å². The van der Waals surface area contributed by atoms with Crippen molar-refractivity contribution >= 4 is 6.29 Å². The number of carbonyl (C=O) groups excluding carboxylic acids is 1. The van der Waals surface area contributed by atoms with E-state index in [1.807, 2.05) is 6.92 Å². The van der Waals surface area contributed by atoms with Gasteiger partial charge in [-0.2, -0.15) is 0 Å². The topological polar surface area (TPSA) is 35.6 Å². The molecule has 1 unspecified atom stereocenters. The van der Waals surface area contributed by atoms with Crippen molar-refractivity contribution in [3.8, 4) is 0 Å². The maximum Gasteiger partial charge on any atom is 0.202 e. The molecule has 2 rings (SSSR count). The van der Waals surface area contributed by atoms with E-state index in [2.05, 4.69) is 21.4 Å². The molecule has 1 atom stereocenters. The Kier molecular flexibility index (Phi) is 4.95. The van der Waals surface area contributed by atoms with Crippen LogP contribution in [0.25, 0.3) is 0 Å². The molecule has 0 spiro atoms. The largest absolute Gasteiger partial charge is 0.317 e. The minimum atomic E-state index is 0.0560. The highest BCUT2D eigenvalue weighted by Gasteiger charge is 2.25. The van der Waals surface area contributed by atoms with Crippen LogP contribution in [0.4, 0.5) is 0 Å². The van der Waals surface area contributed by atoms with E-state index in [1.165, 1.54) is 25.9 Å². The smallest absolute Gasteiger partial charge is 0.202 e. The summed E-state index contributed by atoms with van der Waals surface area (Å²) in [7, 11) is 0. The summed E-state index contributed by atoms with van der Waals surface area (Å²) in [5.41, 5.74) is 0. The number of nitrogens with zero attached hydrogens (tertiary/aromatic N) is 2. The molecule has 2 aliphatic heterocycles. The zero-order valence-corrected chi connectivity index (χ0v) is 10.8. The lowest BCUT2D eigenvalue weighted by Crippen LogP contribution is -2.53. The van der Waals surface area contributed by atoms with Crippen molar-refractivity contribution in [1.82, 2.24) is 15.1 Å². The van der Waals surface area contributed by atoms with Gasteiger partial charge in [0.2, 0.25) is 6.29 Å². The molecular formula is C13H24N3O. The summed E-state index contributed by atoms with van der Waals surface area (Å²) >= 11 is 0. The first kappa shape index (κ1) is 13.0. The summed E-state index contributed by atoms with van der Waals surface area (Å²) in [4.78, 5) is 15.5. The van der Waals surface area contributed by atoms with E-state index in [0.29, 0.717) is 0 Å². The van der Waals surface area contributed by atoms with Crippen LogP contribution in [0.1, 0.15) is 19.8 Å². The van der Waals surface area contributed by atoms with Gasteiger partial charge in [0, 0.05) is 44.7 Å². The summed E-state index contributed by atoms with van der Waals surface area (Å²) in [6, 6.07) is 0.786. The minimum absolute atomic E-state index is 0.0560. The monoisotopic (exact) mass is 238 g/mol. The Morgan fingerprint density at radius 3 is 2.47 bits per heavy atom. The Labute approximate surface area is 104 Å². The van der Waals surface area contributed by atoms with Crippen molar-refractivity contribution in [2.75, 3.05) is 45.8 Å². The quantitative estimate of drug-likeness (QED) is 0.753. The molecule has 0 aliphatic carbocycles. The molecule has 4 nitrogen and oxygen atoms in total. The van der Waals surface area contributed by atoms with Gasteiger partial charge in [-0.3, -0.25) is 9.69 Å². The minimum Gasteiger partial charge on any atom is -0.317 e. The Hall–Kier alpha value is -0.450.